The Morgan fingerprint density at radius 1 is 1.07 bits per heavy atom. The lowest BCUT2D eigenvalue weighted by Crippen LogP contribution is -2.17. The number of primary sulfonamides is 1. The van der Waals surface area contributed by atoms with Crippen LogP contribution in [-0.2, 0) is 10.0 Å². The van der Waals surface area contributed by atoms with E-state index in [-0.39, 0.29) is 16.0 Å². The average molecular weight is 461 g/mol. The van der Waals surface area contributed by atoms with E-state index in [0.29, 0.717) is 5.56 Å². The van der Waals surface area contributed by atoms with Crippen LogP contribution in [0, 0.1) is 11.6 Å². The number of nitrogens with two attached hydrogens (primary N) is 1. The van der Waals surface area contributed by atoms with Gasteiger partial charge in [-0.05, 0) is 47.0 Å². The number of allylic oxidation sites excluding steroid dienone is 4. The van der Waals surface area contributed by atoms with Gasteiger partial charge >= 0.3 is 6.36 Å². The molecule has 0 heterocycles. The van der Waals surface area contributed by atoms with Crippen LogP contribution in [0.25, 0.3) is 5.57 Å². The Morgan fingerprint density at radius 2 is 1.70 bits per heavy atom. The highest BCUT2D eigenvalue weighted by atomic mass is 32.2. The van der Waals surface area contributed by atoms with E-state index < -0.39 is 44.6 Å². The molecule has 0 amide bonds. The van der Waals surface area contributed by atoms with Gasteiger partial charge in [0.1, 0.15) is 17.4 Å². The fourth-order valence-corrected chi connectivity index (χ4v) is 3.95. The summed E-state index contributed by atoms with van der Waals surface area (Å²) in [4.78, 5) is -0.971. The number of thiocarbonyl (C=S) groups is 1. The number of alkyl halides is 3. The number of ether oxygens (including phenoxy) is 1. The zero-order valence-corrected chi connectivity index (χ0v) is 16.4. The molecule has 3 rings (SSSR count). The topological polar surface area (TPSA) is 69.4 Å². The van der Waals surface area contributed by atoms with E-state index in [1.807, 2.05) is 0 Å². The van der Waals surface area contributed by atoms with Crippen molar-refractivity contribution >= 4 is 32.7 Å². The lowest BCUT2D eigenvalue weighted by Gasteiger charge is -2.19. The van der Waals surface area contributed by atoms with Gasteiger partial charge in [-0.15, -0.1) is 13.2 Å². The summed E-state index contributed by atoms with van der Waals surface area (Å²) in [5.74, 6) is -3.69. The molecule has 2 N–H and O–H groups in total. The number of hydrogen-bond donors (Lipinski definition) is 1. The van der Waals surface area contributed by atoms with Crippen molar-refractivity contribution < 1.29 is 35.1 Å². The molecule has 1 unspecified atom stereocenters. The quantitative estimate of drug-likeness (QED) is 0.533. The van der Waals surface area contributed by atoms with E-state index in [1.165, 1.54) is 24.3 Å². The Kier molecular flexibility index (Phi) is 5.81. The minimum Gasteiger partial charge on any atom is -0.406 e. The van der Waals surface area contributed by atoms with Crippen LogP contribution in [0.2, 0.25) is 0 Å². The first kappa shape index (κ1) is 22.1. The Morgan fingerprint density at radius 3 is 2.23 bits per heavy atom. The molecule has 0 aromatic heterocycles. The normalized spacial score (nSPS) is 17.1. The summed E-state index contributed by atoms with van der Waals surface area (Å²) in [6, 6.07) is 6.88. The zero-order chi connectivity index (χ0) is 22.3. The first-order valence-electron chi connectivity index (χ1n) is 8.17. The number of halogens is 5. The van der Waals surface area contributed by atoms with Crippen molar-refractivity contribution in [3.8, 4) is 5.75 Å². The van der Waals surface area contributed by atoms with Gasteiger partial charge in [-0.25, -0.2) is 22.3 Å². The summed E-state index contributed by atoms with van der Waals surface area (Å²) >= 11 is 5.30. The molecule has 0 radical (unpaired) electrons. The van der Waals surface area contributed by atoms with Gasteiger partial charge in [-0.1, -0.05) is 36.5 Å². The standard InChI is InChI=1S/C19H12F5NO3S2/c20-15-7-12(8-16(21)18(15)30(25,26)27)10-4-5-14(17(29)9-10)11-2-1-3-13(6-11)28-19(22,23)24/h1-9,14H,(H2,25,26,27). The molecule has 30 heavy (non-hydrogen) atoms. The Labute approximate surface area is 173 Å². The third-order valence-electron chi connectivity index (χ3n) is 4.14. The molecular formula is C19H12F5NO3S2. The van der Waals surface area contributed by atoms with Crippen molar-refractivity contribution in [2.45, 2.75) is 17.2 Å². The van der Waals surface area contributed by atoms with Crippen molar-refractivity contribution in [2.75, 3.05) is 0 Å². The Hall–Kier alpha value is -2.63. The van der Waals surface area contributed by atoms with Crippen LogP contribution in [0.4, 0.5) is 22.0 Å². The van der Waals surface area contributed by atoms with E-state index in [4.69, 9.17) is 17.4 Å². The molecule has 1 aliphatic rings. The highest BCUT2D eigenvalue weighted by Crippen LogP contribution is 2.33. The molecular weight excluding hydrogens is 449 g/mol. The molecule has 0 fully saturated rings. The lowest BCUT2D eigenvalue weighted by molar-refractivity contribution is -0.274. The average Bonchev–Trinajstić information content (AvgIpc) is 2.58. The highest BCUT2D eigenvalue weighted by Gasteiger charge is 2.31. The lowest BCUT2D eigenvalue weighted by atomic mass is 9.88. The van der Waals surface area contributed by atoms with Gasteiger partial charge in [0.25, 0.3) is 0 Å². The Balaban J connectivity index is 1.90. The van der Waals surface area contributed by atoms with Crippen LogP contribution >= 0.6 is 12.2 Å². The van der Waals surface area contributed by atoms with E-state index in [9.17, 15) is 30.4 Å². The number of sulfonamides is 1. The molecule has 1 aliphatic carbocycles. The molecule has 0 aliphatic heterocycles. The zero-order valence-electron chi connectivity index (χ0n) is 14.8. The van der Waals surface area contributed by atoms with E-state index >= 15 is 0 Å². The van der Waals surface area contributed by atoms with Gasteiger partial charge in [0.05, 0.1) is 0 Å². The largest absolute Gasteiger partial charge is 0.573 e. The molecule has 11 heteroatoms. The third kappa shape index (κ3) is 4.91. The summed E-state index contributed by atoms with van der Waals surface area (Å²) in [5, 5.41) is 4.80. The SMILES string of the molecule is NS(=O)(=O)c1c(F)cc(C2=CC(=S)C(c3cccc(OC(F)(F)F)c3)C=C2)cc1F. The van der Waals surface area contributed by atoms with Gasteiger partial charge in [-0.3, -0.25) is 0 Å². The predicted octanol–water partition coefficient (Wildman–Crippen LogP) is 4.62. The monoisotopic (exact) mass is 461 g/mol. The maximum Gasteiger partial charge on any atom is 0.573 e. The first-order chi connectivity index (χ1) is 13.8. The fraction of sp³-hybridized carbons (Fsp3) is 0.105. The molecule has 0 bridgehead atoms. The minimum atomic E-state index is -4.84. The summed E-state index contributed by atoms with van der Waals surface area (Å²) in [6.45, 7) is 0. The van der Waals surface area contributed by atoms with Crippen LogP contribution in [0.1, 0.15) is 17.0 Å². The Bertz CT molecular complexity index is 1160. The summed E-state index contributed by atoms with van der Waals surface area (Å²) < 4.78 is 91.9. The minimum absolute atomic E-state index is 0.0172. The number of benzene rings is 2. The van der Waals surface area contributed by atoms with Gasteiger partial charge in [-0.2, -0.15) is 0 Å². The van der Waals surface area contributed by atoms with Crippen molar-refractivity contribution in [3.05, 3.63) is 77.4 Å². The predicted molar refractivity (Wildman–Crippen MR) is 103 cm³/mol. The fourth-order valence-electron chi connectivity index (χ4n) is 2.94. The van der Waals surface area contributed by atoms with Gasteiger partial charge in [0.15, 0.2) is 4.90 Å². The van der Waals surface area contributed by atoms with Crippen molar-refractivity contribution in [1.29, 1.82) is 0 Å². The van der Waals surface area contributed by atoms with E-state index in [0.717, 1.165) is 18.2 Å². The molecule has 0 saturated carbocycles. The van der Waals surface area contributed by atoms with Crippen LogP contribution < -0.4 is 9.88 Å². The molecule has 4 nitrogen and oxygen atoms in total. The maximum absolute atomic E-state index is 14.1. The van der Waals surface area contributed by atoms with Crippen molar-refractivity contribution in [3.63, 3.8) is 0 Å². The summed E-state index contributed by atoms with van der Waals surface area (Å²) in [7, 11) is -4.59. The highest BCUT2D eigenvalue weighted by molar-refractivity contribution is 7.89. The molecule has 0 saturated heterocycles. The second-order valence-electron chi connectivity index (χ2n) is 6.27. The second kappa shape index (κ2) is 7.89. The number of hydrogen-bond acceptors (Lipinski definition) is 4. The maximum atomic E-state index is 14.1. The van der Waals surface area contributed by atoms with Gasteiger partial charge in [0, 0.05) is 10.8 Å². The van der Waals surface area contributed by atoms with Crippen molar-refractivity contribution in [1.82, 2.24) is 0 Å². The van der Waals surface area contributed by atoms with Crippen LogP contribution in [-0.4, -0.2) is 19.6 Å². The summed E-state index contributed by atoms with van der Waals surface area (Å²) in [5.41, 5.74) is 0.733. The van der Waals surface area contributed by atoms with Crippen LogP contribution in [0.15, 0.2) is 59.5 Å². The molecule has 2 aromatic rings. The van der Waals surface area contributed by atoms with Crippen LogP contribution in [0.3, 0.4) is 0 Å². The van der Waals surface area contributed by atoms with E-state index in [1.54, 1.807) is 12.1 Å². The summed E-state index contributed by atoms with van der Waals surface area (Å²) in [6.07, 6.45) is -0.398. The third-order valence-corrected chi connectivity index (χ3v) is 5.47. The molecule has 2 aromatic carbocycles. The first-order valence-corrected chi connectivity index (χ1v) is 10.1. The van der Waals surface area contributed by atoms with Crippen LogP contribution in [0.5, 0.6) is 5.75 Å². The molecule has 158 valence electrons. The molecule has 1 atom stereocenters. The van der Waals surface area contributed by atoms with Gasteiger partial charge < -0.3 is 4.74 Å². The number of rotatable bonds is 4. The van der Waals surface area contributed by atoms with Crippen molar-refractivity contribution in [2.24, 2.45) is 5.14 Å². The van der Waals surface area contributed by atoms with Gasteiger partial charge in [0.2, 0.25) is 10.0 Å². The smallest absolute Gasteiger partial charge is 0.406 e. The molecule has 0 spiro atoms. The second-order valence-corrected chi connectivity index (χ2v) is 8.24. The van der Waals surface area contributed by atoms with E-state index in [2.05, 4.69) is 4.74 Å².